The van der Waals surface area contributed by atoms with Crippen LogP contribution in [0.25, 0.3) is 0 Å². The van der Waals surface area contributed by atoms with Crippen molar-refractivity contribution in [3.05, 3.63) is 33.4 Å². The maximum atomic E-state index is 12.0. The average Bonchev–Trinajstić information content (AvgIpc) is 2.37. The first kappa shape index (κ1) is 13.8. The van der Waals surface area contributed by atoms with Crippen LogP contribution in [0.3, 0.4) is 0 Å². The second-order valence-electron chi connectivity index (χ2n) is 4.44. The Morgan fingerprint density at radius 2 is 2.33 bits per heavy atom. The number of morpholine rings is 1. The van der Waals surface area contributed by atoms with Gasteiger partial charge < -0.3 is 15.0 Å². The van der Waals surface area contributed by atoms with Gasteiger partial charge in [0.2, 0.25) is 0 Å². The van der Waals surface area contributed by atoms with Gasteiger partial charge in [-0.3, -0.25) is 4.79 Å². The van der Waals surface area contributed by atoms with Crippen molar-refractivity contribution in [2.75, 3.05) is 33.3 Å². The fourth-order valence-electron chi connectivity index (χ4n) is 1.94. The Labute approximate surface area is 121 Å². The highest BCUT2D eigenvalue weighted by molar-refractivity contribution is 14.1. The first-order chi connectivity index (χ1) is 8.66. The lowest BCUT2D eigenvalue weighted by atomic mass is 10.2. The summed E-state index contributed by atoms with van der Waals surface area (Å²) in [5.74, 6) is -0.0307. The van der Waals surface area contributed by atoms with Crippen molar-refractivity contribution >= 4 is 28.5 Å². The lowest BCUT2D eigenvalue weighted by Gasteiger charge is -2.30. The standard InChI is InChI=1S/C13H17IN2O2/c1-16-6-7-18-10(9-16)8-15-13(17)11-4-2-3-5-12(11)14/h2-5,10H,6-9H2,1H3,(H,15,17). The van der Waals surface area contributed by atoms with Crippen LogP contribution in [0.1, 0.15) is 10.4 Å². The van der Waals surface area contributed by atoms with Crippen LogP contribution in [0, 0.1) is 3.57 Å². The van der Waals surface area contributed by atoms with Gasteiger partial charge in [0.15, 0.2) is 0 Å². The van der Waals surface area contributed by atoms with E-state index in [-0.39, 0.29) is 12.0 Å². The van der Waals surface area contributed by atoms with Gasteiger partial charge in [0.1, 0.15) is 0 Å². The predicted octanol–water partition coefficient (Wildman–Crippen LogP) is 1.35. The number of rotatable bonds is 3. The highest BCUT2D eigenvalue weighted by atomic mass is 127. The zero-order valence-corrected chi connectivity index (χ0v) is 12.5. The van der Waals surface area contributed by atoms with Gasteiger partial charge in [0.05, 0.1) is 18.3 Å². The zero-order chi connectivity index (χ0) is 13.0. The van der Waals surface area contributed by atoms with Crippen LogP contribution in [0.5, 0.6) is 0 Å². The summed E-state index contributed by atoms with van der Waals surface area (Å²) in [7, 11) is 2.07. The van der Waals surface area contributed by atoms with Gasteiger partial charge in [0.25, 0.3) is 5.91 Å². The highest BCUT2D eigenvalue weighted by Crippen LogP contribution is 2.11. The molecular formula is C13H17IN2O2. The molecule has 98 valence electrons. The Balaban J connectivity index is 1.87. The van der Waals surface area contributed by atoms with Gasteiger partial charge in [0, 0.05) is 23.2 Å². The van der Waals surface area contributed by atoms with E-state index in [1.807, 2.05) is 24.3 Å². The lowest BCUT2D eigenvalue weighted by molar-refractivity contribution is -0.0175. The van der Waals surface area contributed by atoms with Crippen LogP contribution in [-0.4, -0.2) is 50.2 Å². The molecule has 5 heteroatoms. The molecule has 0 radical (unpaired) electrons. The number of ether oxygens (including phenoxy) is 1. The molecule has 1 aromatic carbocycles. The Morgan fingerprint density at radius 1 is 1.56 bits per heavy atom. The number of nitrogens with one attached hydrogen (secondary N) is 1. The third kappa shape index (κ3) is 3.66. The molecule has 2 rings (SSSR count). The molecule has 4 nitrogen and oxygen atoms in total. The number of hydrogen-bond acceptors (Lipinski definition) is 3. The Kier molecular flexibility index (Phi) is 4.96. The van der Waals surface area contributed by atoms with Crippen molar-refractivity contribution in [3.63, 3.8) is 0 Å². The summed E-state index contributed by atoms with van der Waals surface area (Å²) in [6, 6.07) is 7.57. The molecule has 1 N–H and O–H groups in total. The van der Waals surface area contributed by atoms with Crippen molar-refractivity contribution < 1.29 is 9.53 Å². The quantitative estimate of drug-likeness (QED) is 0.828. The summed E-state index contributed by atoms with van der Waals surface area (Å²) in [6.07, 6.45) is 0.0917. The summed E-state index contributed by atoms with van der Waals surface area (Å²) in [5, 5.41) is 2.93. The third-order valence-corrected chi connectivity index (χ3v) is 3.89. The molecule has 1 fully saturated rings. The van der Waals surface area contributed by atoms with Crippen LogP contribution in [0.15, 0.2) is 24.3 Å². The van der Waals surface area contributed by atoms with Gasteiger partial charge in [-0.2, -0.15) is 0 Å². The molecule has 1 heterocycles. The molecule has 1 atom stereocenters. The number of benzene rings is 1. The van der Waals surface area contributed by atoms with Crippen LogP contribution in [-0.2, 0) is 4.74 Å². The molecule has 1 aliphatic heterocycles. The number of carbonyl (C=O) groups is 1. The van der Waals surface area contributed by atoms with Gasteiger partial charge in [-0.05, 0) is 41.8 Å². The van der Waals surface area contributed by atoms with Crippen molar-refractivity contribution in [2.24, 2.45) is 0 Å². The maximum absolute atomic E-state index is 12.0. The molecule has 0 bridgehead atoms. The van der Waals surface area contributed by atoms with Gasteiger partial charge in [-0.25, -0.2) is 0 Å². The molecule has 1 aliphatic rings. The second-order valence-corrected chi connectivity index (χ2v) is 5.61. The fourth-order valence-corrected chi connectivity index (χ4v) is 2.57. The minimum Gasteiger partial charge on any atom is -0.374 e. The van der Waals surface area contributed by atoms with Crippen molar-refractivity contribution in [3.8, 4) is 0 Å². The van der Waals surface area contributed by atoms with E-state index in [1.54, 1.807) is 0 Å². The minimum atomic E-state index is -0.0307. The van der Waals surface area contributed by atoms with E-state index in [0.717, 1.165) is 28.8 Å². The molecule has 18 heavy (non-hydrogen) atoms. The normalized spacial score (nSPS) is 20.7. The van der Waals surface area contributed by atoms with Crippen LogP contribution in [0.4, 0.5) is 0 Å². The number of halogens is 1. The second kappa shape index (κ2) is 6.49. The number of likely N-dealkylation sites (N-methyl/N-ethyl adjacent to an activating group) is 1. The largest absolute Gasteiger partial charge is 0.374 e. The molecule has 1 unspecified atom stereocenters. The van der Waals surface area contributed by atoms with Crippen molar-refractivity contribution in [1.29, 1.82) is 0 Å². The first-order valence-electron chi connectivity index (χ1n) is 5.99. The molecular weight excluding hydrogens is 343 g/mol. The minimum absolute atomic E-state index is 0.0307. The van der Waals surface area contributed by atoms with Crippen molar-refractivity contribution in [1.82, 2.24) is 10.2 Å². The molecule has 0 aromatic heterocycles. The number of hydrogen-bond donors (Lipinski definition) is 1. The summed E-state index contributed by atoms with van der Waals surface area (Å²) in [5.41, 5.74) is 0.724. The maximum Gasteiger partial charge on any atom is 0.252 e. The smallest absolute Gasteiger partial charge is 0.252 e. The first-order valence-corrected chi connectivity index (χ1v) is 7.07. The number of carbonyl (C=O) groups excluding carboxylic acids is 1. The SMILES string of the molecule is CN1CCOC(CNC(=O)c2ccccc2I)C1. The van der Waals surface area contributed by atoms with Crippen LogP contribution < -0.4 is 5.32 Å². The molecule has 1 aromatic rings. The highest BCUT2D eigenvalue weighted by Gasteiger charge is 2.18. The Hall–Kier alpha value is -0.660. The van der Waals surface area contributed by atoms with Crippen LogP contribution in [0.2, 0.25) is 0 Å². The monoisotopic (exact) mass is 360 g/mol. The van der Waals surface area contributed by atoms with Gasteiger partial charge >= 0.3 is 0 Å². The van der Waals surface area contributed by atoms with Crippen LogP contribution >= 0.6 is 22.6 Å². The zero-order valence-electron chi connectivity index (χ0n) is 10.4. The summed E-state index contributed by atoms with van der Waals surface area (Å²) < 4.78 is 6.57. The summed E-state index contributed by atoms with van der Waals surface area (Å²) in [6.45, 7) is 3.13. The Morgan fingerprint density at radius 3 is 3.06 bits per heavy atom. The molecule has 0 saturated carbocycles. The van der Waals surface area contributed by atoms with E-state index in [0.29, 0.717) is 6.54 Å². The third-order valence-electron chi connectivity index (χ3n) is 2.95. The van der Waals surface area contributed by atoms with E-state index in [4.69, 9.17) is 4.74 Å². The van der Waals surface area contributed by atoms with E-state index in [1.165, 1.54) is 0 Å². The number of amides is 1. The van der Waals surface area contributed by atoms with Gasteiger partial charge in [-0.1, -0.05) is 12.1 Å². The Bertz CT molecular complexity index is 425. The van der Waals surface area contributed by atoms with E-state index < -0.39 is 0 Å². The summed E-state index contributed by atoms with van der Waals surface area (Å²) >= 11 is 2.17. The topological polar surface area (TPSA) is 41.6 Å². The predicted molar refractivity (Wildman–Crippen MR) is 78.7 cm³/mol. The lowest BCUT2D eigenvalue weighted by Crippen LogP contribution is -2.46. The van der Waals surface area contributed by atoms with Gasteiger partial charge in [-0.15, -0.1) is 0 Å². The molecule has 0 aliphatic carbocycles. The van der Waals surface area contributed by atoms with E-state index >= 15 is 0 Å². The molecule has 1 amide bonds. The van der Waals surface area contributed by atoms with E-state index in [2.05, 4.69) is 39.9 Å². The molecule has 0 spiro atoms. The number of nitrogens with zero attached hydrogens (tertiary/aromatic N) is 1. The summed E-state index contributed by atoms with van der Waals surface area (Å²) in [4.78, 5) is 14.2. The average molecular weight is 360 g/mol. The molecule has 1 saturated heterocycles. The fraction of sp³-hybridized carbons (Fsp3) is 0.462. The van der Waals surface area contributed by atoms with E-state index in [9.17, 15) is 4.79 Å². The van der Waals surface area contributed by atoms with Crippen molar-refractivity contribution in [2.45, 2.75) is 6.10 Å².